The summed E-state index contributed by atoms with van der Waals surface area (Å²) in [6.45, 7) is 6.33. The van der Waals surface area contributed by atoms with Crippen LogP contribution in [0, 0.1) is 17.0 Å². The van der Waals surface area contributed by atoms with Gasteiger partial charge in [-0.15, -0.1) is 0 Å². The topological polar surface area (TPSA) is 12.0 Å². The highest BCUT2D eigenvalue weighted by Crippen LogP contribution is 2.28. The minimum Gasteiger partial charge on any atom is -0.317 e. The SMILES string of the molecule is CNC(C)CC(C)(C)Cc1cc(F)cc(F)c1. The lowest BCUT2D eigenvalue weighted by Crippen LogP contribution is -2.29. The van der Waals surface area contributed by atoms with Crippen LogP contribution in [0.5, 0.6) is 0 Å². The van der Waals surface area contributed by atoms with E-state index in [9.17, 15) is 8.78 Å². The third kappa shape index (κ3) is 4.82. The number of hydrogen-bond donors (Lipinski definition) is 1. The molecule has 1 rings (SSSR count). The molecule has 1 aromatic carbocycles. The number of halogens is 2. The Morgan fingerprint density at radius 2 is 1.71 bits per heavy atom. The summed E-state index contributed by atoms with van der Waals surface area (Å²) in [5, 5.41) is 3.18. The van der Waals surface area contributed by atoms with Crippen LogP contribution in [0.1, 0.15) is 32.8 Å². The van der Waals surface area contributed by atoms with Gasteiger partial charge in [-0.3, -0.25) is 0 Å². The highest BCUT2D eigenvalue weighted by molar-refractivity contribution is 5.19. The van der Waals surface area contributed by atoms with Crippen molar-refractivity contribution in [3.8, 4) is 0 Å². The van der Waals surface area contributed by atoms with E-state index < -0.39 is 11.6 Å². The summed E-state index contributed by atoms with van der Waals surface area (Å²) in [6, 6.07) is 4.12. The van der Waals surface area contributed by atoms with Crippen LogP contribution in [0.4, 0.5) is 8.78 Å². The molecule has 0 amide bonds. The van der Waals surface area contributed by atoms with Crippen LogP contribution in [0.15, 0.2) is 18.2 Å². The first-order chi connectivity index (χ1) is 7.82. The van der Waals surface area contributed by atoms with Gasteiger partial charge in [-0.1, -0.05) is 13.8 Å². The molecule has 1 atom stereocenters. The van der Waals surface area contributed by atoms with E-state index in [-0.39, 0.29) is 5.41 Å². The van der Waals surface area contributed by atoms with Gasteiger partial charge in [-0.25, -0.2) is 8.78 Å². The molecule has 1 N–H and O–H groups in total. The molecule has 0 radical (unpaired) electrons. The third-order valence-corrected chi connectivity index (χ3v) is 2.96. The first-order valence-electron chi connectivity index (χ1n) is 5.94. The van der Waals surface area contributed by atoms with Gasteiger partial charge < -0.3 is 5.32 Å². The van der Waals surface area contributed by atoms with Crippen LogP contribution in [0.3, 0.4) is 0 Å². The first-order valence-corrected chi connectivity index (χ1v) is 5.94. The molecule has 0 aliphatic heterocycles. The molecular formula is C14H21F2N. The van der Waals surface area contributed by atoms with Gasteiger partial charge in [-0.2, -0.15) is 0 Å². The van der Waals surface area contributed by atoms with Crippen molar-refractivity contribution in [3.63, 3.8) is 0 Å². The number of rotatable bonds is 5. The fourth-order valence-corrected chi connectivity index (χ4v) is 2.27. The maximum absolute atomic E-state index is 13.1. The lowest BCUT2D eigenvalue weighted by atomic mass is 9.80. The largest absolute Gasteiger partial charge is 0.317 e. The molecule has 0 saturated carbocycles. The molecule has 1 aromatic rings. The van der Waals surface area contributed by atoms with Crippen LogP contribution in [0.2, 0.25) is 0 Å². The maximum atomic E-state index is 13.1. The molecule has 0 spiro atoms. The van der Waals surface area contributed by atoms with Gasteiger partial charge in [0.15, 0.2) is 0 Å². The molecule has 17 heavy (non-hydrogen) atoms. The highest BCUT2D eigenvalue weighted by Gasteiger charge is 2.21. The lowest BCUT2D eigenvalue weighted by Gasteiger charge is -2.28. The zero-order chi connectivity index (χ0) is 13.1. The Labute approximate surface area is 102 Å². The fourth-order valence-electron chi connectivity index (χ4n) is 2.27. The Morgan fingerprint density at radius 1 is 1.18 bits per heavy atom. The van der Waals surface area contributed by atoms with Gasteiger partial charge in [0.1, 0.15) is 11.6 Å². The molecule has 0 fully saturated rings. The Balaban J connectivity index is 2.75. The van der Waals surface area contributed by atoms with E-state index in [1.807, 2.05) is 7.05 Å². The van der Waals surface area contributed by atoms with Crippen LogP contribution in [-0.4, -0.2) is 13.1 Å². The first kappa shape index (κ1) is 14.1. The van der Waals surface area contributed by atoms with Crippen molar-refractivity contribution in [3.05, 3.63) is 35.4 Å². The van der Waals surface area contributed by atoms with E-state index >= 15 is 0 Å². The average Bonchev–Trinajstić information content (AvgIpc) is 2.13. The van der Waals surface area contributed by atoms with Gasteiger partial charge in [-0.05, 0) is 49.9 Å². The zero-order valence-corrected chi connectivity index (χ0v) is 11.0. The third-order valence-electron chi connectivity index (χ3n) is 2.96. The quantitative estimate of drug-likeness (QED) is 0.831. The summed E-state index contributed by atoms with van der Waals surface area (Å²) in [5.41, 5.74) is 0.735. The van der Waals surface area contributed by atoms with E-state index in [1.54, 1.807) is 0 Å². The van der Waals surface area contributed by atoms with Crippen molar-refractivity contribution in [1.82, 2.24) is 5.32 Å². The molecule has 0 aliphatic carbocycles. The summed E-state index contributed by atoms with van der Waals surface area (Å²) in [5.74, 6) is -1.00. The Morgan fingerprint density at radius 3 is 2.18 bits per heavy atom. The van der Waals surface area contributed by atoms with Crippen LogP contribution >= 0.6 is 0 Å². The molecule has 0 aliphatic rings. The Kier molecular flexibility index (Phi) is 4.63. The predicted molar refractivity (Wildman–Crippen MR) is 67.0 cm³/mol. The van der Waals surface area contributed by atoms with Gasteiger partial charge in [0, 0.05) is 12.1 Å². The standard InChI is InChI=1S/C14H21F2N/c1-10(17-4)8-14(2,3)9-11-5-12(15)7-13(16)6-11/h5-7,10,17H,8-9H2,1-4H3. The van der Waals surface area contributed by atoms with Crippen molar-refractivity contribution in [2.75, 3.05) is 7.05 Å². The van der Waals surface area contributed by atoms with Gasteiger partial charge in [0.05, 0.1) is 0 Å². The molecule has 3 heteroatoms. The molecule has 0 bridgehead atoms. The van der Waals surface area contributed by atoms with E-state index in [1.165, 1.54) is 12.1 Å². The number of nitrogens with one attached hydrogen (secondary N) is 1. The van der Waals surface area contributed by atoms with Crippen molar-refractivity contribution >= 4 is 0 Å². The predicted octanol–water partition coefficient (Wildman–Crippen LogP) is 3.53. The number of hydrogen-bond acceptors (Lipinski definition) is 1. The fraction of sp³-hybridized carbons (Fsp3) is 0.571. The second kappa shape index (κ2) is 5.58. The van der Waals surface area contributed by atoms with Crippen molar-refractivity contribution in [2.24, 2.45) is 5.41 Å². The van der Waals surface area contributed by atoms with Gasteiger partial charge in [0.2, 0.25) is 0 Å². The number of benzene rings is 1. The summed E-state index contributed by atoms with van der Waals surface area (Å²) in [4.78, 5) is 0. The zero-order valence-electron chi connectivity index (χ0n) is 11.0. The van der Waals surface area contributed by atoms with Crippen molar-refractivity contribution < 1.29 is 8.78 Å². The molecule has 1 nitrogen and oxygen atoms in total. The van der Waals surface area contributed by atoms with Crippen molar-refractivity contribution in [1.29, 1.82) is 0 Å². The monoisotopic (exact) mass is 241 g/mol. The minimum absolute atomic E-state index is 0.0165. The average molecular weight is 241 g/mol. The van der Waals surface area contributed by atoms with Crippen LogP contribution in [0.25, 0.3) is 0 Å². The molecule has 0 aromatic heterocycles. The van der Waals surface area contributed by atoms with Gasteiger partial charge in [0.25, 0.3) is 0 Å². The second-order valence-electron chi connectivity index (χ2n) is 5.51. The Hall–Kier alpha value is -0.960. The Bertz CT molecular complexity index is 354. The van der Waals surface area contributed by atoms with E-state index in [4.69, 9.17) is 0 Å². The molecule has 96 valence electrons. The summed E-state index contributed by atoms with van der Waals surface area (Å²) in [7, 11) is 1.92. The van der Waals surface area contributed by atoms with E-state index in [0.29, 0.717) is 12.5 Å². The van der Waals surface area contributed by atoms with Gasteiger partial charge >= 0.3 is 0 Å². The van der Waals surface area contributed by atoms with E-state index in [2.05, 4.69) is 26.1 Å². The van der Waals surface area contributed by atoms with Crippen LogP contribution < -0.4 is 5.32 Å². The second-order valence-corrected chi connectivity index (χ2v) is 5.51. The lowest BCUT2D eigenvalue weighted by molar-refractivity contribution is 0.293. The summed E-state index contributed by atoms with van der Waals surface area (Å²) >= 11 is 0. The minimum atomic E-state index is -0.502. The molecule has 1 unspecified atom stereocenters. The summed E-state index contributed by atoms with van der Waals surface area (Å²) < 4.78 is 26.2. The molecular weight excluding hydrogens is 220 g/mol. The van der Waals surface area contributed by atoms with E-state index in [0.717, 1.165) is 18.1 Å². The van der Waals surface area contributed by atoms with Crippen molar-refractivity contribution in [2.45, 2.75) is 39.7 Å². The molecule has 0 heterocycles. The molecule has 0 saturated heterocycles. The maximum Gasteiger partial charge on any atom is 0.126 e. The summed E-state index contributed by atoms with van der Waals surface area (Å²) in [6.07, 6.45) is 1.63. The smallest absolute Gasteiger partial charge is 0.126 e. The highest BCUT2D eigenvalue weighted by atomic mass is 19.1. The normalized spacial score (nSPS) is 13.8. The van der Waals surface area contributed by atoms with Crippen LogP contribution in [-0.2, 0) is 6.42 Å².